The number of carboxylic acid groups (broad SMARTS) is 1. The van der Waals surface area contributed by atoms with Crippen LogP contribution in [0.2, 0.25) is 0 Å². The molecule has 4 heteroatoms. The second-order valence-electron chi connectivity index (χ2n) is 4.54. The van der Waals surface area contributed by atoms with Gasteiger partial charge in [-0.1, -0.05) is 0 Å². The van der Waals surface area contributed by atoms with Gasteiger partial charge in [0.15, 0.2) is 0 Å². The summed E-state index contributed by atoms with van der Waals surface area (Å²) in [4.78, 5) is 10.7. The van der Waals surface area contributed by atoms with E-state index < -0.39 is 5.97 Å². The Hall–Kier alpha value is -0.610. The fourth-order valence-electron chi connectivity index (χ4n) is 2.33. The summed E-state index contributed by atoms with van der Waals surface area (Å²) in [5.41, 5.74) is -0.353. The van der Waals surface area contributed by atoms with E-state index in [-0.39, 0.29) is 18.1 Å². The molecule has 0 aromatic carbocycles. The van der Waals surface area contributed by atoms with Gasteiger partial charge < -0.3 is 14.6 Å². The molecule has 2 aliphatic rings. The number of carbonyl (C=O) groups is 1. The number of rotatable bonds is 4. The number of ether oxygens (including phenoxy) is 2. The third-order valence-corrected chi connectivity index (χ3v) is 3.32. The van der Waals surface area contributed by atoms with Crippen LogP contribution < -0.4 is 0 Å². The molecule has 0 radical (unpaired) electrons. The molecular formula is C11H18O4. The summed E-state index contributed by atoms with van der Waals surface area (Å²) in [7, 11) is 0. The minimum absolute atomic E-state index is 0.157. The zero-order valence-corrected chi connectivity index (χ0v) is 8.91. The maximum atomic E-state index is 10.7. The van der Waals surface area contributed by atoms with Gasteiger partial charge in [-0.05, 0) is 32.1 Å². The first kappa shape index (κ1) is 10.9. The molecule has 1 aliphatic carbocycles. The Morgan fingerprint density at radius 3 is 2.53 bits per heavy atom. The standard InChI is InChI=1S/C11H18O4/c12-10(13)8-11(4-1-5-11)15-9-2-6-14-7-3-9/h9H,1-8H2,(H,12,13). The van der Waals surface area contributed by atoms with Gasteiger partial charge in [0.05, 0.1) is 18.1 Å². The van der Waals surface area contributed by atoms with Crippen molar-refractivity contribution in [2.24, 2.45) is 0 Å². The van der Waals surface area contributed by atoms with Gasteiger partial charge in [0.25, 0.3) is 0 Å². The molecule has 0 aromatic rings. The van der Waals surface area contributed by atoms with Crippen LogP contribution in [0.1, 0.15) is 38.5 Å². The Morgan fingerprint density at radius 2 is 2.07 bits per heavy atom. The van der Waals surface area contributed by atoms with Gasteiger partial charge in [-0.3, -0.25) is 4.79 Å². The van der Waals surface area contributed by atoms with Gasteiger partial charge in [-0.2, -0.15) is 0 Å². The molecule has 1 saturated heterocycles. The van der Waals surface area contributed by atoms with Crippen molar-refractivity contribution in [1.82, 2.24) is 0 Å². The molecule has 0 bridgehead atoms. The molecule has 0 spiro atoms. The van der Waals surface area contributed by atoms with E-state index in [0.29, 0.717) is 0 Å². The van der Waals surface area contributed by atoms with E-state index in [1.165, 1.54) is 0 Å². The van der Waals surface area contributed by atoms with Crippen LogP contribution in [0.25, 0.3) is 0 Å². The van der Waals surface area contributed by atoms with Crippen molar-refractivity contribution < 1.29 is 19.4 Å². The zero-order valence-electron chi connectivity index (χ0n) is 8.91. The highest BCUT2D eigenvalue weighted by molar-refractivity contribution is 5.68. The van der Waals surface area contributed by atoms with Crippen LogP contribution in [-0.2, 0) is 14.3 Å². The lowest BCUT2D eigenvalue weighted by Crippen LogP contribution is -2.46. The van der Waals surface area contributed by atoms with Crippen molar-refractivity contribution in [3.05, 3.63) is 0 Å². The Bertz CT molecular complexity index is 229. The van der Waals surface area contributed by atoms with Gasteiger partial charge >= 0.3 is 5.97 Å². The fourth-order valence-corrected chi connectivity index (χ4v) is 2.33. The van der Waals surface area contributed by atoms with Crippen molar-refractivity contribution >= 4 is 5.97 Å². The lowest BCUT2D eigenvalue weighted by molar-refractivity contribution is -0.177. The van der Waals surface area contributed by atoms with Crippen molar-refractivity contribution in [1.29, 1.82) is 0 Å². The van der Waals surface area contributed by atoms with E-state index in [2.05, 4.69) is 0 Å². The minimum Gasteiger partial charge on any atom is -0.481 e. The average molecular weight is 214 g/mol. The quantitative estimate of drug-likeness (QED) is 0.772. The monoisotopic (exact) mass is 214 g/mol. The first-order valence-corrected chi connectivity index (χ1v) is 5.68. The molecule has 1 aliphatic heterocycles. The highest BCUT2D eigenvalue weighted by Gasteiger charge is 2.42. The third-order valence-electron chi connectivity index (χ3n) is 3.32. The summed E-state index contributed by atoms with van der Waals surface area (Å²) >= 11 is 0. The fraction of sp³-hybridized carbons (Fsp3) is 0.909. The first-order chi connectivity index (χ1) is 7.20. The molecule has 86 valence electrons. The molecule has 0 amide bonds. The SMILES string of the molecule is O=C(O)CC1(OC2CCOCC2)CCC1. The molecule has 15 heavy (non-hydrogen) atoms. The number of hydrogen-bond donors (Lipinski definition) is 1. The molecule has 1 saturated carbocycles. The van der Waals surface area contributed by atoms with Crippen LogP contribution in [0.15, 0.2) is 0 Å². The van der Waals surface area contributed by atoms with Crippen molar-refractivity contribution in [2.45, 2.75) is 50.2 Å². The summed E-state index contributed by atoms with van der Waals surface area (Å²) in [5.74, 6) is -0.748. The molecule has 4 nitrogen and oxygen atoms in total. The Kier molecular flexibility index (Phi) is 3.26. The highest BCUT2D eigenvalue weighted by atomic mass is 16.5. The molecular weight excluding hydrogens is 196 g/mol. The van der Waals surface area contributed by atoms with E-state index in [0.717, 1.165) is 45.3 Å². The number of aliphatic carboxylic acids is 1. The second kappa shape index (κ2) is 4.49. The minimum atomic E-state index is -0.748. The van der Waals surface area contributed by atoms with Crippen molar-refractivity contribution in [2.75, 3.05) is 13.2 Å². The number of carboxylic acids is 1. The molecule has 2 fully saturated rings. The molecule has 1 N–H and O–H groups in total. The number of hydrogen-bond acceptors (Lipinski definition) is 3. The van der Waals surface area contributed by atoms with Crippen molar-refractivity contribution in [3.8, 4) is 0 Å². The van der Waals surface area contributed by atoms with Crippen LogP contribution in [-0.4, -0.2) is 36.0 Å². The van der Waals surface area contributed by atoms with Gasteiger partial charge in [0.1, 0.15) is 0 Å². The first-order valence-electron chi connectivity index (χ1n) is 5.68. The smallest absolute Gasteiger partial charge is 0.306 e. The second-order valence-corrected chi connectivity index (χ2v) is 4.54. The molecule has 0 atom stereocenters. The maximum absolute atomic E-state index is 10.7. The third kappa shape index (κ3) is 2.69. The zero-order chi connectivity index (χ0) is 10.7. The van der Waals surface area contributed by atoms with E-state index in [1.807, 2.05) is 0 Å². The lowest BCUT2D eigenvalue weighted by atomic mass is 9.77. The average Bonchev–Trinajstić information content (AvgIpc) is 2.15. The normalized spacial score (nSPS) is 25.9. The molecule has 0 unspecified atom stereocenters. The summed E-state index contributed by atoms with van der Waals surface area (Å²) in [6.07, 6.45) is 5.06. The summed E-state index contributed by atoms with van der Waals surface area (Å²) in [6.45, 7) is 1.49. The van der Waals surface area contributed by atoms with Crippen LogP contribution in [0, 0.1) is 0 Å². The molecule has 1 heterocycles. The van der Waals surface area contributed by atoms with E-state index >= 15 is 0 Å². The highest BCUT2D eigenvalue weighted by Crippen LogP contribution is 2.40. The van der Waals surface area contributed by atoms with E-state index in [9.17, 15) is 4.79 Å². The lowest BCUT2D eigenvalue weighted by Gasteiger charge is -2.43. The van der Waals surface area contributed by atoms with E-state index in [1.54, 1.807) is 0 Å². The van der Waals surface area contributed by atoms with Gasteiger partial charge in [0, 0.05) is 13.2 Å². The maximum Gasteiger partial charge on any atom is 0.306 e. The summed E-state index contributed by atoms with van der Waals surface area (Å²) < 4.78 is 11.2. The van der Waals surface area contributed by atoms with Gasteiger partial charge in [0.2, 0.25) is 0 Å². The van der Waals surface area contributed by atoms with Crippen LogP contribution >= 0.6 is 0 Å². The van der Waals surface area contributed by atoms with Crippen LogP contribution in [0.5, 0.6) is 0 Å². The molecule has 0 aromatic heterocycles. The Morgan fingerprint density at radius 1 is 1.40 bits per heavy atom. The summed E-state index contributed by atoms with van der Waals surface area (Å²) in [5, 5.41) is 8.84. The van der Waals surface area contributed by atoms with E-state index in [4.69, 9.17) is 14.6 Å². The van der Waals surface area contributed by atoms with Gasteiger partial charge in [-0.25, -0.2) is 0 Å². The predicted molar refractivity (Wildman–Crippen MR) is 53.8 cm³/mol. The topological polar surface area (TPSA) is 55.8 Å². The predicted octanol–water partition coefficient (Wildman–Crippen LogP) is 1.58. The van der Waals surface area contributed by atoms with Gasteiger partial charge in [-0.15, -0.1) is 0 Å². The Balaban J connectivity index is 1.86. The van der Waals surface area contributed by atoms with Crippen LogP contribution in [0.4, 0.5) is 0 Å². The molecule has 2 rings (SSSR count). The Labute approximate surface area is 89.6 Å². The largest absolute Gasteiger partial charge is 0.481 e. The van der Waals surface area contributed by atoms with Crippen molar-refractivity contribution in [3.63, 3.8) is 0 Å². The summed E-state index contributed by atoms with van der Waals surface area (Å²) in [6, 6.07) is 0. The van der Waals surface area contributed by atoms with Crippen LogP contribution in [0.3, 0.4) is 0 Å².